The summed E-state index contributed by atoms with van der Waals surface area (Å²) in [6, 6.07) is -0.268. The number of imide groups is 1. The standard InChI is InChI=1S/C11H14N2O4/c1-2-3-9(14)12-10(15)5-4-8-6-7-13(8)11(16)17/h2-5,8H,6-7H2,1H3,(H,16,17)(H,12,14,15)/b3-2+,5-4+. The van der Waals surface area contributed by atoms with E-state index in [1.54, 1.807) is 6.92 Å². The molecule has 1 atom stereocenters. The predicted octanol–water partition coefficient (Wildman–Crippen LogP) is 0.514. The first kappa shape index (κ1) is 13.0. The molecule has 1 heterocycles. The van der Waals surface area contributed by atoms with Crippen LogP contribution in [-0.2, 0) is 9.59 Å². The SMILES string of the molecule is C/C=C/C(=O)NC(=O)/C=C/C1CCN1C(=O)O. The van der Waals surface area contributed by atoms with Gasteiger partial charge in [-0.15, -0.1) is 0 Å². The first-order chi connectivity index (χ1) is 8.04. The van der Waals surface area contributed by atoms with Crippen LogP contribution in [0.3, 0.4) is 0 Å². The summed E-state index contributed by atoms with van der Waals surface area (Å²) >= 11 is 0. The van der Waals surface area contributed by atoms with Crippen LogP contribution in [-0.4, -0.2) is 40.5 Å². The molecule has 1 fully saturated rings. The fourth-order valence-corrected chi connectivity index (χ4v) is 1.40. The average molecular weight is 238 g/mol. The number of likely N-dealkylation sites (tertiary alicyclic amines) is 1. The van der Waals surface area contributed by atoms with Crippen molar-refractivity contribution in [2.24, 2.45) is 0 Å². The van der Waals surface area contributed by atoms with E-state index in [0.29, 0.717) is 13.0 Å². The summed E-state index contributed by atoms with van der Waals surface area (Å²) in [5.74, 6) is -1.05. The lowest BCUT2D eigenvalue weighted by molar-refractivity contribution is -0.125. The normalized spacial score (nSPS) is 19.4. The van der Waals surface area contributed by atoms with Gasteiger partial charge in [0, 0.05) is 12.6 Å². The minimum absolute atomic E-state index is 0.268. The largest absolute Gasteiger partial charge is 0.465 e. The van der Waals surface area contributed by atoms with E-state index >= 15 is 0 Å². The van der Waals surface area contributed by atoms with Gasteiger partial charge < -0.3 is 10.0 Å². The molecule has 2 N–H and O–H groups in total. The lowest BCUT2D eigenvalue weighted by Crippen LogP contribution is -2.49. The molecular formula is C11H14N2O4. The van der Waals surface area contributed by atoms with Crippen molar-refractivity contribution in [2.45, 2.75) is 19.4 Å². The fourth-order valence-electron chi connectivity index (χ4n) is 1.40. The number of nitrogens with zero attached hydrogens (tertiary/aromatic N) is 1. The first-order valence-corrected chi connectivity index (χ1v) is 5.20. The van der Waals surface area contributed by atoms with Crippen molar-refractivity contribution in [3.63, 3.8) is 0 Å². The van der Waals surface area contributed by atoms with Gasteiger partial charge in [0.15, 0.2) is 0 Å². The molecule has 1 aliphatic rings. The molecule has 1 rings (SSSR count). The summed E-state index contributed by atoms with van der Waals surface area (Å²) in [5, 5.41) is 10.8. The van der Waals surface area contributed by atoms with Gasteiger partial charge in [-0.3, -0.25) is 14.9 Å². The third-order valence-corrected chi connectivity index (χ3v) is 2.35. The number of hydrogen-bond acceptors (Lipinski definition) is 3. The maximum atomic E-state index is 11.2. The number of carbonyl (C=O) groups is 3. The van der Waals surface area contributed by atoms with Crippen molar-refractivity contribution >= 4 is 17.9 Å². The van der Waals surface area contributed by atoms with Gasteiger partial charge in [0.2, 0.25) is 5.91 Å². The van der Waals surface area contributed by atoms with Crippen molar-refractivity contribution in [1.29, 1.82) is 0 Å². The number of carbonyl (C=O) groups excluding carboxylic acids is 2. The molecular weight excluding hydrogens is 224 g/mol. The van der Waals surface area contributed by atoms with Crippen molar-refractivity contribution in [3.8, 4) is 0 Å². The Balaban J connectivity index is 2.41. The van der Waals surface area contributed by atoms with Crippen LogP contribution in [0.1, 0.15) is 13.3 Å². The van der Waals surface area contributed by atoms with Gasteiger partial charge in [0.1, 0.15) is 0 Å². The number of amides is 3. The molecule has 0 saturated carbocycles. The molecule has 0 aromatic heterocycles. The summed E-state index contributed by atoms with van der Waals surface area (Å²) in [5.41, 5.74) is 0. The van der Waals surface area contributed by atoms with E-state index in [4.69, 9.17) is 5.11 Å². The quantitative estimate of drug-likeness (QED) is 0.701. The fraction of sp³-hybridized carbons (Fsp3) is 0.364. The van der Waals surface area contributed by atoms with Crippen molar-refractivity contribution in [2.75, 3.05) is 6.54 Å². The van der Waals surface area contributed by atoms with Gasteiger partial charge in [-0.1, -0.05) is 12.2 Å². The Morgan fingerprint density at radius 2 is 1.94 bits per heavy atom. The minimum atomic E-state index is -1.00. The number of hydrogen-bond donors (Lipinski definition) is 2. The zero-order valence-corrected chi connectivity index (χ0v) is 9.42. The van der Waals surface area contributed by atoms with Crippen LogP contribution >= 0.6 is 0 Å². The highest BCUT2D eigenvalue weighted by Gasteiger charge is 2.29. The summed E-state index contributed by atoms with van der Waals surface area (Å²) in [6.07, 6.45) is 5.11. The molecule has 1 unspecified atom stereocenters. The number of nitrogens with one attached hydrogen (secondary N) is 1. The van der Waals surface area contributed by atoms with E-state index in [1.807, 2.05) is 0 Å². The average Bonchev–Trinajstić information content (AvgIpc) is 2.14. The Kier molecular flexibility index (Phi) is 4.45. The highest BCUT2D eigenvalue weighted by atomic mass is 16.4. The van der Waals surface area contributed by atoms with Crippen LogP contribution < -0.4 is 5.32 Å². The highest BCUT2D eigenvalue weighted by Crippen LogP contribution is 2.17. The van der Waals surface area contributed by atoms with Gasteiger partial charge in [-0.05, 0) is 19.4 Å². The van der Waals surface area contributed by atoms with E-state index in [1.165, 1.54) is 29.2 Å². The monoisotopic (exact) mass is 238 g/mol. The summed E-state index contributed by atoms with van der Waals surface area (Å²) in [7, 11) is 0. The molecule has 1 aliphatic heterocycles. The van der Waals surface area contributed by atoms with Crippen LogP contribution in [0, 0.1) is 0 Å². The minimum Gasteiger partial charge on any atom is -0.465 e. The predicted molar refractivity (Wildman–Crippen MR) is 60.2 cm³/mol. The van der Waals surface area contributed by atoms with E-state index in [9.17, 15) is 14.4 Å². The van der Waals surface area contributed by atoms with Crippen LogP contribution in [0.5, 0.6) is 0 Å². The highest BCUT2D eigenvalue weighted by molar-refractivity contribution is 6.05. The maximum absolute atomic E-state index is 11.2. The Bertz CT molecular complexity index is 387. The van der Waals surface area contributed by atoms with E-state index in [2.05, 4.69) is 5.32 Å². The number of rotatable bonds is 3. The van der Waals surface area contributed by atoms with Gasteiger partial charge in [0.25, 0.3) is 5.91 Å². The zero-order valence-electron chi connectivity index (χ0n) is 9.42. The van der Waals surface area contributed by atoms with E-state index < -0.39 is 17.9 Å². The van der Waals surface area contributed by atoms with Crippen LogP contribution in [0.2, 0.25) is 0 Å². The molecule has 0 radical (unpaired) electrons. The molecule has 0 bridgehead atoms. The first-order valence-electron chi connectivity index (χ1n) is 5.20. The van der Waals surface area contributed by atoms with Gasteiger partial charge in [0.05, 0.1) is 6.04 Å². The third kappa shape index (κ3) is 3.75. The van der Waals surface area contributed by atoms with Crippen LogP contribution in [0.15, 0.2) is 24.3 Å². The van der Waals surface area contributed by atoms with E-state index in [0.717, 1.165) is 0 Å². The molecule has 3 amide bonds. The smallest absolute Gasteiger partial charge is 0.407 e. The van der Waals surface area contributed by atoms with Crippen molar-refractivity contribution in [3.05, 3.63) is 24.3 Å². The molecule has 0 aromatic carbocycles. The van der Waals surface area contributed by atoms with Crippen molar-refractivity contribution < 1.29 is 19.5 Å². The van der Waals surface area contributed by atoms with Gasteiger partial charge in [-0.2, -0.15) is 0 Å². The molecule has 6 heteroatoms. The third-order valence-electron chi connectivity index (χ3n) is 2.35. The second-order valence-corrected chi connectivity index (χ2v) is 3.54. The molecule has 92 valence electrons. The molecule has 6 nitrogen and oxygen atoms in total. The molecule has 17 heavy (non-hydrogen) atoms. The topological polar surface area (TPSA) is 86.7 Å². The van der Waals surface area contributed by atoms with E-state index in [-0.39, 0.29) is 6.04 Å². The number of allylic oxidation sites excluding steroid dienone is 1. The Morgan fingerprint density at radius 1 is 1.29 bits per heavy atom. The number of carboxylic acid groups (broad SMARTS) is 1. The Labute approximate surface area is 98.6 Å². The summed E-state index contributed by atoms with van der Waals surface area (Å²) < 4.78 is 0. The summed E-state index contributed by atoms with van der Waals surface area (Å²) in [6.45, 7) is 2.14. The second-order valence-electron chi connectivity index (χ2n) is 3.54. The van der Waals surface area contributed by atoms with Gasteiger partial charge >= 0.3 is 6.09 Å². The summed E-state index contributed by atoms with van der Waals surface area (Å²) in [4.78, 5) is 34.1. The van der Waals surface area contributed by atoms with Gasteiger partial charge in [-0.25, -0.2) is 4.79 Å². The Hall–Kier alpha value is -2.11. The second kappa shape index (κ2) is 5.83. The maximum Gasteiger partial charge on any atom is 0.407 e. The van der Waals surface area contributed by atoms with Crippen molar-refractivity contribution in [1.82, 2.24) is 10.2 Å². The Morgan fingerprint density at radius 3 is 2.41 bits per heavy atom. The zero-order chi connectivity index (χ0) is 12.8. The molecule has 0 aliphatic carbocycles. The van der Waals surface area contributed by atoms with Crippen LogP contribution in [0.25, 0.3) is 0 Å². The lowest BCUT2D eigenvalue weighted by atomic mass is 10.0. The molecule has 1 saturated heterocycles. The molecule has 0 aromatic rings. The van der Waals surface area contributed by atoms with Crippen LogP contribution in [0.4, 0.5) is 4.79 Å². The molecule has 0 spiro atoms. The lowest BCUT2D eigenvalue weighted by Gasteiger charge is -2.36.